The van der Waals surface area contributed by atoms with Gasteiger partial charge in [0.05, 0.1) is 0 Å². The molecule has 1 aromatic heterocycles. The lowest BCUT2D eigenvalue weighted by molar-refractivity contribution is -0.137. The summed E-state index contributed by atoms with van der Waals surface area (Å²) in [5.41, 5.74) is 1.26. The molecule has 0 aliphatic carbocycles. The largest absolute Gasteiger partial charge is 0.480 e. The first-order chi connectivity index (χ1) is 6.00. The molecule has 0 spiro atoms. The Kier molecular flexibility index (Phi) is 2.51. The lowest BCUT2D eigenvalue weighted by Gasteiger charge is -2.10. The van der Waals surface area contributed by atoms with Crippen molar-refractivity contribution in [3.8, 4) is 0 Å². The van der Waals surface area contributed by atoms with Gasteiger partial charge in [0.25, 0.3) is 0 Å². The molecule has 0 atom stereocenters. The van der Waals surface area contributed by atoms with Crippen LogP contribution in [0.15, 0.2) is 16.9 Å². The molecule has 13 heavy (non-hydrogen) atoms. The van der Waals surface area contributed by atoms with Crippen LogP contribution in [-0.4, -0.2) is 15.6 Å². The summed E-state index contributed by atoms with van der Waals surface area (Å²) in [6.45, 7) is 3.34. The van der Waals surface area contributed by atoms with Crippen LogP contribution < -0.4 is 5.43 Å². The van der Waals surface area contributed by atoms with Crippen molar-refractivity contribution in [3.05, 3.63) is 33.7 Å². The number of aryl methyl sites for hydroxylation is 2. The highest BCUT2D eigenvalue weighted by Gasteiger charge is 2.04. The first kappa shape index (κ1) is 9.51. The zero-order valence-corrected chi connectivity index (χ0v) is 7.57. The van der Waals surface area contributed by atoms with Gasteiger partial charge in [0, 0.05) is 23.5 Å². The summed E-state index contributed by atoms with van der Waals surface area (Å²) in [6.07, 6.45) is 0. The van der Waals surface area contributed by atoms with Crippen molar-refractivity contribution in [1.29, 1.82) is 0 Å². The van der Waals surface area contributed by atoms with Crippen LogP contribution in [0.1, 0.15) is 11.4 Å². The van der Waals surface area contributed by atoms with Gasteiger partial charge >= 0.3 is 5.97 Å². The number of hydrogen-bond donors (Lipinski definition) is 1. The molecule has 0 amide bonds. The van der Waals surface area contributed by atoms with Crippen molar-refractivity contribution < 1.29 is 9.90 Å². The maximum absolute atomic E-state index is 11.0. The van der Waals surface area contributed by atoms with Crippen LogP contribution in [-0.2, 0) is 11.3 Å². The van der Waals surface area contributed by atoms with Crippen molar-refractivity contribution in [1.82, 2.24) is 4.57 Å². The van der Waals surface area contributed by atoms with Crippen LogP contribution in [0.3, 0.4) is 0 Å². The van der Waals surface area contributed by atoms with Crippen molar-refractivity contribution in [2.75, 3.05) is 0 Å². The Labute approximate surface area is 75.4 Å². The number of carboxylic acid groups (broad SMARTS) is 1. The Morgan fingerprint density at radius 1 is 1.38 bits per heavy atom. The quantitative estimate of drug-likeness (QED) is 0.724. The highest BCUT2D eigenvalue weighted by atomic mass is 16.4. The molecule has 0 bridgehead atoms. The molecule has 1 N–H and O–H groups in total. The number of carbonyl (C=O) groups is 1. The Hall–Kier alpha value is -1.58. The second-order valence-electron chi connectivity index (χ2n) is 2.95. The number of pyridine rings is 1. The van der Waals surface area contributed by atoms with E-state index in [2.05, 4.69) is 0 Å². The molecule has 0 aliphatic heterocycles. The van der Waals surface area contributed by atoms with Crippen molar-refractivity contribution in [3.63, 3.8) is 0 Å². The Morgan fingerprint density at radius 3 is 2.23 bits per heavy atom. The van der Waals surface area contributed by atoms with Gasteiger partial charge in [0.2, 0.25) is 0 Å². The summed E-state index contributed by atoms with van der Waals surface area (Å²) in [5.74, 6) is -0.908. The van der Waals surface area contributed by atoms with E-state index < -0.39 is 5.97 Å². The Bertz CT molecular complexity index is 366. The van der Waals surface area contributed by atoms with Gasteiger partial charge in [0.15, 0.2) is 5.43 Å². The van der Waals surface area contributed by atoms with Gasteiger partial charge < -0.3 is 9.67 Å². The molecule has 0 aliphatic rings. The topological polar surface area (TPSA) is 59.3 Å². The van der Waals surface area contributed by atoms with Gasteiger partial charge in [0.1, 0.15) is 6.54 Å². The Morgan fingerprint density at radius 2 is 1.85 bits per heavy atom. The first-order valence-electron chi connectivity index (χ1n) is 3.90. The number of aliphatic carboxylic acids is 1. The SMILES string of the molecule is Cc1cc(=O)cc(C)n1CC(=O)O. The van der Waals surface area contributed by atoms with Gasteiger partial charge in [-0.25, -0.2) is 0 Å². The van der Waals surface area contributed by atoms with E-state index in [1.54, 1.807) is 18.4 Å². The smallest absolute Gasteiger partial charge is 0.323 e. The molecule has 0 fully saturated rings. The third-order valence-electron chi connectivity index (χ3n) is 1.85. The summed E-state index contributed by atoms with van der Waals surface area (Å²) in [5, 5.41) is 8.59. The summed E-state index contributed by atoms with van der Waals surface area (Å²) in [7, 11) is 0. The fourth-order valence-electron chi connectivity index (χ4n) is 1.27. The van der Waals surface area contributed by atoms with Crippen LogP contribution in [0.4, 0.5) is 0 Å². The summed E-state index contributed by atoms with van der Waals surface area (Å²) >= 11 is 0. The molecular weight excluding hydrogens is 170 g/mol. The fourth-order valence-corrected chi connectivity index (χ4v) is 1.27. The van der Waals surface area contributed by atoms with E-state index in [1.807, 2.05) is 0 Å². The minimum atomic E-state index is -0.908. The monoisotopic (exact) mass is 181 g/mol. The van der Waals surface area contributed by atoms with Crippen LogP contribution in [0.2, 0.25) is 0 Å². The van der Waals surface area contributed by atoms with E-state index in [9.17, 15) is 9.59 Å². The van der Waals surface area contributed by atoms with Gasteiger partial charge in [-0.15, -0.1) is 0 Å². The zero-order valence-electron chi connectivity index (χ0n) is 7.57. The minimum Gasteiger partial charge on any atom is -0.480 e. The molecular formula is C9H11NO3. The predicted octanol–water partition coefficient (Wildman–Crippen LogP) is 0.550. The van der Waals surface area contributed by atoms with Gasteiger partial charge in [-0.1, -0.05) is 0 Å². The third kappa shape index (κ3) is 2.18. The molecule has 0 saturated carbocycles. The second-order valence-corrected chi connectivity index (χ2v) is 2.95. The molecule has 0 unspecified atom stereocenters. The standard InChI is InChI=1S/C9H11NO3/c1-6-3-8(11)4-7(2)10(6)5-9(12)13/h3-4H,5H2,1-2H3,(H,12,13). The normalized spacial score (nSPS) is 10.0. The second kappa shape index (κ2) is 3.43. The van der Waals surface area contributed by atoms with Gasteiger partial charge in [-0.2, -0.15) is 0 Å². The minimum absolute atomic E-state index is 0.0864. The molecule has 1 rings (SSSR count). The Balaban J connectivity index is 3.20. The lowest BCUT2D eigenvalue weighted by Crippen LogP contribution is -2.17. The van der Waals surface area contributed by atoms with E-state index in [4.69, 9.17) is 5.11 Å². The summed E-state index contributed by atoms with van der Waals surface area (Å²) in [6, 6.07) is 2.85. The third-order valence-corrected chi connectivity index (χ3v) is 1.85. The number of carboxylic acids is 1. The van der Waals surface area contributed by atoms with Crippen LogP contribution >= 0.6 is 0 Å². The molecule has 1 heterocycles. The van der Waals surface area contributed by atoms with Crippen molar-refractivity contribution >= 4 is 5.97 Å². The molecule has 0 saturated heterocycles. The fraction of sp³-hybridized carbons (Fsp3) is 0.333. The first-order valence-corrected chi connectivity index (χ1v) is 3.90. The van der Waals surface area contributed by atoms with Crippen molar-refractivity contribution in [2.24, 2.45) is 0 Å². The lowest BCUT2D eigenvalue weighted by atomic mass is 10.3. The number of hydrogen-bond acceptors (Lipinski definition) is 2. The molecule has 0 aromatic carbocycles. The molecule has 4 heteroatoms. The number of nitrogens with zero attached hydrogens (tertiary/aromatic N) is 1. The van der Waals surface area contributed by atoms with E-state index in [1.165, 1.54) is 12.1 Å². The van der Waals surface area contributed by atoms with Crippen LogP contribution in [0.25, 0.3) is 0 Å². The van der Waals surface area contributed by atoms with Gasteiger partial charge in [-0.05, 0) is 13.8 Å². The number of aromatic nitrogens is 1. The maximum Gasteiger partial charge on any atom is 0.323 e. The predicted molar refractivity (Wildman–Crippen MR) is 47.8 cm³/mol. The van der Waals surface area contributed by atoms with Crippen LogP contribution in [0.5, 0.6) is 0 Å². The average Bonchev–Trinajstić information content (AvgIpc) is 1.96. The van der Waals surface area contributed by atoms with Gasteiger partial charge in [-0.3, -0.25) is 9.59 Å². The van der Waals surface area contributed by atoms with E-state index in [0.717, 1.165) is 0 Å². The average molecular weight is 181 g/mol. The highest BCUT2D eigenvalue weighted by Crippen LogP contribution is 2.00. The van der Waals surface area contributed by atoms with E-state index in [0.29, 0.717) is 11.4 Å². The molecule has 70 valence electrons. The summed E-state index contributed by atoms with van der Waals surface area (Å²) in [4.78, 5) is 21.4. The molecule has 0 radical (unpaired) electrons. The van der Waals surface area contributed by atoms with E-state index in [-0.39, 0.29) is 12.0 Å². The zero-order chi connectivity index (χ0) is 10.0. The maximum atomic E-state index is 11.0. The molecule has 4 nitrogen and oxygen atoms in total. The molecule has 1 aromatic rings. The van der Waals surface area contributed by atoms with E-state index >= 15 is 0 Å². The van der Waals surface area contributed by atoms with Crippen LogP contribution in [0, 0.1) is 13.8 Å². The highest BCUT2D eigenvalue weighted by molar-refractivity contribution is 5.66. The summed E-state index contributed by atoms with van der Waals surface area (Å²) < 4.78 is 1.59. The number of rotatable bonds is 2. The van der Waals surface area contributed by atoms with Crippen molar-refractivity contribution in [2.45, 2.75) is 20.4 Å².